The van der Waals surface area contributed by atoms with Gasteiger partial charge in [-0.15, -0.1) is 0 Å². The zero-order valence-corrected chi connectivity index (χ0v) is 18.1. The van der Waals surface area contributed by atoms with E-state index < -0.39 is 48.0 Å². The van der Waals surface area contributed by atoms with Crippen LogP contribution in [0.4, 0.5) is 13.2 Å². The number of ether oxygens (including phenoxy) is 1. The molecular weight excluding hydrogens is 467 g/mol. The quantitative estimate of drug-likeness (QED) is 0.580. The Morgan fingerprint density at radius 1 is 1.27 bits per heavy atom. The van der Waals surface area contributed by atoms with Crippen LogP contribution < -0.4 is 5.48 Å². The molecule has 0 spiro atoms. The van der Waals surface area contributed by atoms with E-state index >= 15 is 0 Å². The van der Waals surface area contributed by atoms with Gasteiger partial charge in [-0.2, -0.15) is 28.8 Å². The predicted molar refractivity (Wildman–Crippen MR) is 106 cm³/mol. The maximum absolute atomic E-state index is 13.7. The van der Waals surface area contributed by atoms with Crippen LogP contribution in [0.5, 0.6) is 0 Å². The summed E-state index contributed by atoms with van der Waals surface area (Å²) in [6.07, 6.45) is -3.98. The Kier molecular flexibility index (Phi) is 5.40. The molecule has 33 heavy (non-hydrogen) atoms. The molecule has 2 fully saturated rings. The predicted octanol–water partition coefficient (Wildman–Crippen LogP) is 2.09. The molecule has 5 rings (SSSR count). The minimum absolute atomic E-state index is 0.0134. The first-order valence-electron chi connectivity index (χ1n) is 10.0. The largest absolute Gasteiger partial charge is 0.435 e. The minimum atomic E-state index is -4.77. The van der Waals surface area contributed by atoms with Gasteiger partial charge in [-0.3, -0.25) is 9.52 Å². The first kappa shape index (κ1) is 22.2. The number of aliphatic hydroxyl groups is 1. The van der Waals surface area contributed by atoms with E-state index in [0.717, 1.165) is 22.5 Å². The van der Waals surface area contributed by atoms with Gasteiger partial charge in [0.05, 0.1) is 23.5 Å². The zero-order chi connectivity index (χ0) is 23.5. The van der Waals surface area contributed by atoms with E-state index in [0.29, 0.717) is 6.54 Å². The number of nitrogens with one attached hydrogen (secondary N) is 1. The Morgan fingerprint density at radius 3 is 2.76 bits per heavy atom. The van der Waals surface area contributed by atoms with Crippen molar-refractivity contribution >= 4 is 11.6 Å². The number of rotatable bonds is 3. The van der Waals surface area contributed by atoms with Gasteiger partial charge in [0.15, 0.2) is 11.5 Å². The maximum Gasteiger partial charge on any atom is 0.435 e. The number of pyridine rings is 1. The topological polar surface area (TPSA) is 112 Å². The third-order valence-electron chi connectivity index (χ3n) is 5.55. The molecule has 0 radical (unpaired) electrons. The third kappa shape index (κ3) is 3.89. The van der Waals surface area contributed by atoms with Gasteiger partial charge in [-0.25, -0.2) is 14.6 Å². The van der Waals surface area contributed by atoms with Crippen LogP contribution in [0.1, 0.15) is 35.1 Å². The summed E-state index contributed by atoms with van der Waals surface area (Å²) >= 11 is 5.96. The number of nitrogens with zero attached hydrogens (tertiary/aromatic N) is 6. The average Bonchev–Trinajstić information content (AvgIpc) is 3.46. The summed E-state index contributed by atoms with van der Waals surface area (Å²) in [7, 11) is 0. The van der Waals surface area contributed by atoms with Gasteiger partial charge in [0.2, 0.25) is 0 Å². The fraction of sp³-hybridized carbons (Fsp3) is 0.474. The molecule has 0 aliphatic carbocycles. The summed E-state index contributed by atoms with van der Waals surface area (Å²) in [6, 6.07) is 0.407. The molecule has 0 aromatic carbocycles. The van der Waals surface area contributed by atoms with Crippen molar-refractivity contribution in [2.75, 3.05) is 6.54 Å². The van der Waals surface area contributed by atoms with Crippen molar-refractivity contribution < 1.29 is 27.9 Å². The molecule has 5 unspecified atom stereocenters. The highest BCUT2D eigenvalue weighted by atomic mass is 35.5. The van der Waals surface area contributed by atoms with Crippen molar-refractivity contribution in [3.05, 3.63) is 52.6 Å². The highest BCUT2D eigenvalue weighted by Crippen LogP contribution is 2.41. The minimum Gasteiger partial charge on any atom is -0.388 e. The van der Waals surface area contributed by atoms with Gasteiger partial charge in [-0.05, 0) is 25.5 Å². The SMILES string of the molecule is Cc1cnn(C2C(O)C(c3nc(C)nn3-c3cc(Cl)cnc3C(F)(F)F)OC3CNOC32)c1. The molecule has 5 heterocycles. The Labute approximate surface area is 190 Å². The van der Waals surface area contributed by atoms with Crippen molar-refractivity contribution in [3.8, 4) is 5.69 Å². The lowest BCUT2D eigenvalue weighted by molar-refractivity contribution is -0.189. The Balaban J connectivity index is 1.62. The van der Waals surface area contributed by atoms with Gasteiger partial charge >= 0.3 is 6.18 Å². The molecule has 14 heteroatoms. The Bertz CT molecular complexity index is 1180. The maximum atomic E-state index is 13.7. The zero-order valence-electron chi connectivity index (χ0n) is 17.4. The fourth-order valence-corrected chi connectivity index (χ4v) is 4.35. The number of alkyl halides is 3. The molecule has 5 atom stereocenters. The van der Waals surface area contributed by atoms with Crippen LogP contribution in [0.15, 0.2) is 24.7 Å². The highest BCUT2D eigenvalue weighted by Gasteiger charge is 2.52. The van der Waals surface area contributed by atoms with Crippen molar-refractivity contribution in [1.29, 1.82) is 0 Å². The second kappa shape index (κ2) is 8.02. The van der Waals surface area contributed by atoms with Crippen LogP contribution in [0.2, 0.25) is 5.02 Å². The average molecular weight is 486 g/mol. The van der Waals surface area contributed by atoms with Gasteiger partial charge in [-0.1, -0.05) is 11.6 Å². The van der Waals surface area contributed by atoms with Crippen LogP contribution in [0.25, 0.3) is 5.69 Å². The Morgan fingerprint density at radius 2 is 2.06 bits per heavy atom. The van der Waals surface area contributed by atoms with Crippen molar-refractivity contribution in [2.45, 2.75) is 50.5 Å². The summed E-state index contributed by atoms with van der Waals surface area (Å²) in [5, 5.41) is 19.7. The number of halogens is 4. The van der Waals surface area contributed by atoms with Crippen LogP contribution in [0.3, 0.4) is 0 Å². The third-order valence-corrected chi connectivity index (χ3v) is 5.75. The molecule has 0 bridgehead atoms. The lowest BCUT2D eigenvalue weighted by Crippen LogP contribution is -2.51. The monoisotopic (exact) mass is 485 g/mol. The molecular formula is C19H19ClF3N7O3. The summed E-state index contributed by atoms with van der Waals surface area (Å²) < 4.78 is 49.7. The van der Waals surface area contributed by atoms with Crippen molar-refractivity contribution in [1.82, 2.24) is 35.0 Å². The first-order valence-corrected chi connectivity index (χ1v) is 10.4. The molecule has 2 aliphatic heterocycles. The number of hydrogen-bond donors (Lipinski definition) is 2. The summed E-state index contributed by atoms with van der Waals surface area (Å²) in [5.41, 5.74) is 2.01. The van der Waals surface area contributed by atoms with Crippen LogP contribution >= 0.6 is 11.6 Å². The van der Waals surface area contributed by atoms with Crippen LogP contribution in [-0.4, -0.2) is 59.5 Å². The fourth-order valence-electron chi connectivity index (χ4n) is 4.19. The van der Waals surface area contributed by atoms with Crippen LogP contribution in [0, 0.1) is 13.8 Å². The molecule has 0 saturated carbocycles. The lowest BCUT2D eigenvalue weighted by Gasteiger charge is -2.40. The van der Waals surface area contributed by atoms with E-state index in [2.05, 4.69) is 25.6 Å². The molecule has 0 amide bonds. The van der Waals surface area contributed by atoms with E-state index in [1.807, 2.05) is 6.92 Å². The Hall–Kier alpha value is -2.58. The number of hydroxylamine groups is 1. The van der Waals surface area contributed by atoms with E-state index in [1.54, 1.807) is 17.1 Å². The smallest absolute Gasteiger partial charge is 0.388 e. The molecule has 2 N–H and O–H groups in total. The van der Waals surface area contributed by atoms with Gasteiger partial charge in [0.1, 0.15) is 36.3 Å². The van der Waals surface area contributed by atoms with Gasteiger partial charge in [0.25, 0.3) is 0 Å². The van der Waals surface area contributed by atoms with Gasteiger partial charge in [0, 0.05) is 12.4 Å². The lowest BCUT2D eigenvalue weighted by atomic mass is 9.92. The normalized spacial score (nSPS) is 27.7. The number of aliphatic hydroxyl groups excluding tert-OH is 1. The highest BCUT2D eigenvalue weighted by molar-refractivity contribution is 6.30. The number of fused-ring (bicyclic) bond motifs is 1. The van der Waals surface area contributed by atoms with Gasteiger partial charge < -0.3 is 9.84 Å². The van der Waals surface area contributed by atoms with Crippen molar-refractivity contribution in [3.63, 3.8) is 0 Å². The second-order valence-corrected chi connectivity index (χ2v) is 8.39. The molecule has 3 aromatic heterocycles. The van der Waals surface area contributed by atoms with E-state index in [4.69, 9.17) is 21.2 Å². The van der Waals surface area contributed by atoms with Crippen molar-refractivity contribution in [2.24, 2.45) is 0 Å². The number of aryl methyl sites for hydroxylation is 2. The van der Waals surface area contributed by atoms with E-state index in [9.17, 15) is 18.3 Å². The number of aromatic nitrogens is 6. The summed E-state index contributed by atoms with van der Waals surface area (Å²) in [4.78, 5) is 13.3. The first-order chi connectivity index (χ1) is 15.6. The molecule has 3 aromatic rings. The molecule has 2 saturated heterocycles. The molecule has 176 valence electrons. The standard InChI is InChI=1S/C19H19ClF3N7O3/c1-8-4-25-29(7-8)13-14(31)16(32-12-6-26-33-15(12)13)18-27-9(2)28-30(18)11-3-10(20)5-24-17(11)19(21,22)23/h3-5,7,12-16,26,31H,6H2,1-2H3. The molecule has 2 aliphatic rings. The second-order valence-electron chi connectivity index (χ2n) is 7.95. The summed E-state index contributed by atoms with van der Waals surface area (Å²) in [6.45, 7) is 3.69. The van der Waals surface area contributed by atoms with E-state index in [1.165, 1.54) is 6.92 Å². The van der Waals surface area contributed by atoms with Crippen LogP contribution in [-0.2, 0) is 15.8 Å². The number of hydrogen-bond acceptors (Lipinski definition) is 8. The van der Waals surface area contributed by atoms with E-state index in [-0.39, 0.29) is 16.7 Å². The molecule has 10 nitrogen and oxygen atoms in total. The summed E-state index contributed by atoms with van der Waals surface area (Å²) in [5.74, 6) is 0.164.